The molecule has 0 bridgehead atoms. The molecule has 0 fully saturated rings. The van der Waals surface area contributed by atoms with Crippen molar-refractivity contribution < 1.29 is 13.3 Å². The number of aryl methyl sites for hydroxylation is 2. The number of rotatable bonds is 2. The molecule has 2 N–H and O–H groups in total. The molecule has 0 aliphatic carbocycles. The number of benzene rings is 2. The second kappa shape index (κ2) is 5.09. The van der Waals surface area contributed by atoms with Gasteiger partial charge in [-0.2, -0.15) is 0 Å². The Labute approximate surface area is 113 Å². The number of phenols is 2. The summed E-state index contributed by atoms with van der Waals surface area (Å²) in [5.74, 6) is 0.430. The molecule has 3 nitrogen and oxygen atoms in total. The standard InChI is InChI=1S/C14H14O3Te/c1-9-7-11(3-5-13(9)15)18(17)12-4-6-14(16)10(2)8-12/h3-8,15-16H,1-2H3. The molecule has 94 valence electrons. The molecule has 0 aliphatic heterocycles. The van der Waals surface area contributed by atoms with Gasteiger partial charge in [-0.1, -0.05) is 0 Å². The van der Waals surface area contributed by atoms with E-state index in [9.17, 15) is 13.3 Å². The van der Waals surface area contributed by atoms with Gasteiger partial charge in [-0.25, -0.2) is 0 Å². The molecule has 0 spiro atoms. The predicted molar refractivity (Wildman–Crippen MR) is 71.4 cm³/mol. The van der Waals surface area contributed by atoms with E-state index in [0.29, 0.717) is 0 Å². The fourth-order valence-corrected chi connectivity index (χ4v) is 5.11. The van der Waals surface area contributed by atoms with Crippen molar-refractivity contribution >= 4 is 26.8 Å². The Hall–Kier alpha value is -1.37. The zero-order valence-electron chi connectivity index (χ0n) is 10.2. The van der Waals surface area contributed by atoms with Crippen LogP contribution in [-0.2, 0) is 3.10 Å². The van der Waals surface area contributed by atoms with E-state index in [2.05, 4.69) is 0 Å². The van der Waals surface area contributed by atoms with Crippen LogP contribution in [0.3, 0.4) is 0 Å². The van der Waals surface area contributed by atoms with Crippen LogP contribution < -0.4 is 7.22 Å². The second-order valence-electron chi connectivity index (χ2n) is 4.17. The third-order valence-corrected chi connectivity index (χ3v) is 6.66. The molecule has 2 aromatic rings. The van der Waals surface area contributed by atoms with E-state index in [1.54, 1.807) is 50.2 Å². The molecule has 0 radical (unpaired) electrons. The number of hydrogen-bond acceptors (Lipinski definition) is 3. The molecule has 0 saturated heterocycles. The summed E-state index contributed by atoms with van der Waals surface area (Å²) in [6, 6.07) is 10.1. The molecule has 0 saturated carbocycles. The maximum atomic E-state index is 12.5. The summed E-state index contributed by atoms with van der Waals surface area (Å²) in [6.45, 7) is 3.57. The van der Waals surface area contributed by atoms with Crippen LogP contribution >= 0.6 is 0 Å². The van der Waals surface area contributed by atoms with Crippen molar-refractivity contribution in [2.75, 3.05) is 0 Å². The van der Waals surface area contributed by atoms with E-state index < -0.39 is 19.5 Å². The molecule has 18 heavy (non-hydrogen) atoms. The van der Waals surface area contributed by atoms with E-state index in [4.69, 9.17) is 0 Å². The van der Waals surface area contributed by atoms with Crippen LogP contribution in [0.5, 0.6) is 11.5 Å². The zero-order valence-corrected chi connectivity index (χ0v) is 12.5. The molecular weight excluding hydrogens is 344 g/mol. The summed E-state index contributed by atoms with van der Waals surface area (Å²) in [4.78, 5) is 0. The van der Waals surface area contributed by atoms with Crippen LogP contribution in [0.1, 0.15) is 11.1 Å². The summed E-state index contributed by atoms with van der Waals surface area (Å²) >= 11 is -2.82. The molecule has 0 unspecified atom stereocenters. The SMILES string of the molecule is Cc1cc([Te](=O)c2ccc(O)c(C)c2)ccc1O. The maximum absolute atomic E-state index is 12.5. The normalized spacial score (nSPS) is 10.8. The fourth-order valence-electron chi connectivity index (χ4n) is 1.62. The predicted octanol–water partition coefficient (Wildman–Crippen LogP) is 1.25. The van der Waals surface area contributed by atoms with Crippen molar-refractivity contribution in [3.05, 3.63) is 47.5 Å². The van der Waals surface area contributed by atoms with Gasteiger partial charge >= 0.3 is 113 Å². The number of aromatic hydroxyl groups is 2. The number of hydrogen-bond donors (Lipinski definition) is 2. The average molecular weight is 358 g/mol. The Balaban J connectivity index is 2.41. The van der Waals surface area contributed by atoms with Crippen molar-refractivity contribution in [2.45, 2.75) is 13.8 Å². The van der Waals surface area contributed by atoms with Gasteiger partial charge in [-0.15, -0.1) is 0 Å². The Morgan fingerprint density at radius 2 is 1.22 bits per heavy atom. The second-order valence-corrected chi connectivity index (χ2v) is 8.39. The molecule has 2 rings (SSSR count). The molecule has 0 aromatic heterocycles. The van der Waals surface area contributed by atoms with Gasteiger partial charge in [-0.3, -0.25) is 0 Å². The van der Waals surface area contributed by atoms with E-state index in [0.717, 1.165) is 18.3 Å². The average Bonchev–Trinajstić information content (AvgIpc) is 2.35. The first-order valence-corrected chi connectivity index (χ1v) is 8.78. The third-order valence-electron chi connectivity index (χ3n) is 2.76. The quantitative estimate of drug-likeness (QED) is 0.795. The van der Waals surface area contributed by atoms with Gasteiger partial charge in [0.2, 0.25) is 0 Å². The van der Waals surface area contributed by atoms with Gasteiger partial charge in [-0.05, 0) is 0 Å². The van der Waals surface area contributed by atoms with Crippen molar-refractivity contribution in [3.63, 3.8) is 0 Å². The number of phenolic OH excluding ortho intramolecular Hbond substituents is 2. The fraction of sp³-hybridized carbons (Fsp3) is 0.143. The van der Waals surface area contributed by atoms with Crippen molar-refractivity contribution in [3.8, 4) is 11.5 Å². The summed E-state index contributed by atoms with van der Waals surface area (Å²) in [6.07, 6.45) is 0. The topological polar surface area (TPSA) is 57.5 Å². The van der Waals surface area contributed by atoms with Crippen LogP contribution in [0.15, 0.2) is 36.4 Å². The first-order valence-electron chi connectivity index (χ1n) is 5.50. The van der Waals surface area contributed by atoms with Gasteiger partial charge in [0.15, 0.2) is 0 Å². The van der Waals surface area contributed by atoms with Gasteiger partial charge in [0, 0.05) is 0 Å². The monoisotopic (exact) mass is 360 g/mol. The van der Waals surface area contributed by atoms with Crippen molar-refractivity contribution in [1.29, 1.82) is 0 Å². The molecule has 0 aliphatic rings. The molecule has 0 amide bonds. The molecular formula is C14H14O3Te. The Morgan fingerprint density at radius 3 is 1.56 bits per heavy atom. The molecule has 0 atom stereocenters. The minimum absolute atomic E-state index is 0.215. The van der Waals surface area contributed by atoms with Gasteiger partial charge in [0.05, 0.1) is 0 Å². The van der Waals surface area contributed by atoms with Crippen LogP contribution in [0, 0.1) is 13.8 Å². The summed E-state index contributed by atoms with van der Waals surface area (Å²) in [5.41, 5.74) is 1.45. The minimum atomic E-state index is -2.82. The van der Waals surface area contributed by atoms with Crippen LogP contribution in [0.25, 0.3) is 0 Å². The van der Waals surface area contributed by atoms with Crippen LogP contribution in [0.2, 0.25) is 0 Å². The molecule has 2 aromatic carbocycles. The van der Waals surface area contributed by atoms with E-state index >= 15 is 0 Å². The van der Waals surface area contributed by atoms with E-state index in [1.807, 2.05) is 0 Å². The van der Waals surface area contributed by atoms with Gasteiger partial charge in [0.1, 0.15) is 0 Å². The van der Waals surface area contributed by atoms with Crippen molar-refractivity contribution in [1.82, 2.24) is 0 Å². The Kier molecular flexibility index (Phi) is 3.70. The first kappa shape index (κ1) is 13.1. The van der Waals surface area contributed by atoms with Crippen molar-refractivity contribution in [2.24, 2.45) is 0 Å². The first-order chi connectivity index (χ1) is 8.49. The molecule has 4 heteroatoms. The van der Waals surface area contributed by atoms with Gasteiger partial charge in [0.25, 0.3) is 0 Å². The zero-order chi connectivity index (χ0) is 13.3. The third kappa shape index (κ3) is 2.55. The van der Waals surface area contributed by atoms with Gasteiger partial charge < -0.3 is 0 Å². The summed E-state index contributed by atoms with van der Waals surface area (Å²) in [5, 5.41) is 18.9. The summed E-state index contributed by atoms with van der Waals surface area (Å²) in [7, 11) is 0. The Bertz CT molecular complexity index is 567. The molecule has 0 heterocycles. The van der Waals surface area contributed by atoms with E-state index in [-0.39, 0.29) is 11.5 Å². The van der Waals surface area contributed by atoms with E-state index in [1.165, 1.54) is 0 Å². The van der Waals surface area contributed by atoms with Crippen LogP contribution in [0.4, 0.5) is 0 Å². The van der Waals surface area contributed by atoms with Crippen LogP contribution in [-0.4, -0.2) is 29.7 Å². The summed E-state index contributed by atoms with van der Waals surface area (Å²) < 4.78 is 14.0. The Morgan fingerprint density at radius 1 is 0.833 bits per heavy atom.